The smallest absolute Gasteiger partial charge is 0.273 e. The van der Waals surface area contributed by atoms with Gasteiger partial charge in [-0.15, -0.1) is 6.42 Å². The van der Waals surface area contributed by atoms with Gasteiger partial charge in [0.05, 0.1) is 0 Å². The van der Waals surface area contributed by atoms with Gasteiger partial charge >= 0.3 is 16.8 Å². The Labute approximate surface area is 72.2 Å². The molecule has 0 saturated heterocycles. The van der Waals surface area contributed by atoms with E-state index in [9.17, 15) is 0 Å². The number of hydrogen-bond donors (Lipinski definition) is 0. The minimum atomic E-state index is 0. The summed E-state index contributed by atoms with van der Waals surface area (Å²) < 4.78 is 0. The van der Waals surface area contributed by atoms with Crippen molar-refractivity contribution in [3.63, 3.8) is 0 Å². The molecular weight excluding hydrogens is 167 g/mol. The molecule has 1 heteroatoms. The van der Waals surface area contributed by atoms with Crippen molar-refractivity contribution in [3.05, 3.63) is 48.6 Å². The van der Waals surface area contributed by atoms with Gasteiger partial charge in [-0.1, -0.05) is 0 Å². The number of allylic oxidation sites excluding steroid dienone is 8. The molecule has 0 spiro atoms. The molecule has 0 N–H and O–H groups in total. The molecule has 0 bridgehead atoms. The van der Waals surface area contributed by atoms with Crippen molar-refractivity contribution < 1.29 is 16.8 Å². The van der Waals surface area contributed by atoms with Crippen LogP contribution >= 0.6 is 0 Å². The standard InChI is InChI=1S/C5H5.C4H3.Co/c1-2-4-5-3-1;1-2-4-3-1;/h1-3H,4H2;1-3H;/q2*-1;+2. The minimum Gasteiger partial charge on any atom is -0.273 e. The Hall–Kier alpha value is -0.534. The molecule has 2 aliphatic rings. The van der Waals surface area contributed by atoms with E-state index in [0.29, 0.717) is 0 Å². The monoisotopic (exact) mass is 175 g/mol. The second-order valence-electron chi connectivity index (χ2n) is 1.70. The Morgan fingerprint density at radius 3 is 1.80 bits per heavy atom. The first-order chi connectivity index (χ1) is 4.50. The van der Waals surface area contributed by atoms with Crippen LogP contribution in [0.4, 0.5) is 0 Å². The molecule has 0 unspecified atom stereocenters. The van der Waals surface area contributed by atoms with Crippen LogP contribution in [0, 0.1) is 12.2 Å². The third-order valence-corrected chi connectivity index (χ3v) is 0.971. The van der Waals surface area contributed by atoms with Gasteiger partial charge in [-0.3, -0.25) is 6.08 Å². The first-order valence-corrected chi connectivity index (χ1v) is 2.96. The van der Waals surface area contributed by atoms with Gasteiger partial charge in [0.15, 0.2) is 0 Å². The molecule has 0 aromatic rings. The van der Waals surface area contributed by atoms with Gasteiger partial charge in [0.1, 0.15) is 0 Å². The SMILES string of the molecule is [C-]1=CC=C1.[C-]1=CC=CC1.[Co+2]. The van der Waals surface area contributed by atoms with E-state index in [2.05, 4.69) is 18.2 Å². The first kappa shape index (κ1) is 9.47. The fourth-order valence-electron chi connectivity index (χ4n) is 0.436. The molecule has 0 atom stereocenters. The van der Waals surface area contributed by atoms with E-state index in [1.165, 1.54) is 0 Å². The van der Waals surface area contributed by atoms with E-state index < -0.39 is 0 Å². The van der Waals surface area contributed by atoms with Gasteiger partial charge < -0.3 is 0 Å². The molecule has 0 fully saturated rings. The maximum absolute atomic E-state index is 2.99. The first-order valence-electron chi connectivity index (χ1n) is 2.96. The summed E-state index contributed by atoms with van der Waals surface area (Å²) >= 11 is 0. The molecule has 0 heterocycles. The van der Waals surface area contributed by atoms with Crippen LogP contribution in [0.5, 0.6) is 0 Å². The molecule has 2 rings (SSSR count). The molecule has 0 aromatic carbocycles. The van der Waals surface area contributed by atoms with Crippen LogP contribution in [0.1, 0.15) is 6.42 Å². The summed E-state index contributed by atoms with van der Waals surface area (Å²) in [5.41, 5.74) is 0. The van der Waals surface area contributed by atoms with Gasteiger partial charge in [0, 0.05) is 0 Å². The van der Waals surface area contributed by atoms with Crippen LogP contribution in [0.15, 0.2) is 36.5 Å². The van der Waals surface area contributed by atoms with Crippen molar-refractivity contribution >= 4 is 0 Å². The molecule has 10 heavy (non-hydrogen) atoms. The Morgan fingerprint density at radius 1 is 1.10 bits per heavy atom. The molecule has 0 amide bonds. The molecular formula is C9H8Co. The average Bonchev–Trinajstić information content (AvgIpc) is 2.07. The van der Waals surface area contributed by atoms with Crippen molar-refractivity contribution in [3.8, 4) is 0 Å². The average molecular weight is 175 g/mol. The van der Waals surface area contributed by atoms with Crippen LogP contribution in [0.2, 0.25) is 0 Å². The van der Waals surface area contributed by atoms with E-state index in [4.69, 9.17) is 0 Å². The molecule has 1 radical (unpaired) electrons. The van der Waals surface area contributed by atoms with E-state index in [1.54, 1.807) is 0 Å². The van der Waals surface area contributed by atoms with Crippen LogP contribution in [-0.4, -0.2) is 0 Å². The zero-order valence-electron chi connectivity index (χ0n) is 5.50. The summed E-state index contributed by atoms with van der Waals surface area (Å²) in [6.07, 6.45) is 18.5. The normalized spacial score (nSPS) is 15.2. The predicted octanol–water partition coefficient (Wildman–Crippen LogP) is 2.22. The van der Waals surface area contributed by atoms with Gasteiger partial charge in [-0.25, -0.2) is 12.2 Å². The van der Waals surface area contributed by atoms with Crippen LogP contribution in [-0.2, 0) is 16.8 Å². The minimum absolute atomic E-state index is 0. The Bertz CT molecular complexity index is 145. The largest absolute Gasteiger partial charge is 2.00 e. The molecule has 0 aromatic heterocycles. The fraction of sp³-hybridized carbons (Fsp3) is 0.111. The van der Waals surface area contributed by atoms with Crippen molar-refractivity contribution in [1.82, 2.24) is 0 Å². The third kappa shape index (κ3) is 4.36. The van der Waals surface area contributed by atoms with Gasteiger partial charge in [0.25, 0.3) is 0 Å². The summed E-state index contributed by atoms with van der Waals surface area (Å²) in [5, 5.41) is 0. The molecule has 2 aliphatic carbocycles. The van der Waals surface area contributed by atoms with E-state index in [0.717, 1.165) is 6.42 Å². The van der Waals surface area contributed by atoms with Crippen LogP contribution in [0.3, 0.4) is 0 Å². The van der Waals surface area contributed by atoms with E-state index >= 15 is 0 Å². The number of rotatable bonds is 0. The molecule has 53 valence electrons. The summed E-state index contributed by atoms with van der Waals surface area (Å²) in [6, 6.07) is 0. The van der Waals surface area contributed by atoms with Gasteiger partial charge in [-0.2, -0.15) is 30.4 Å². The zero-order chi connectivity index (χ0) is 6.36. The summed E-state index contributed by atoms with van der Waals surface area (Å²) in [4.78, 5) is 0. The van der Waals surface area contributed by atoms with Crippen LogP contribution in [0.25, 0.3) is 0 Å². The van der Waals surface area contributed by atoms with E-state index in [1.807, 2.05) is 30.4 Å². The second kappa shape index (κ2) is 6.58. The molecule has 0 aliphatic heterocycles. The predicted molar refractivity (Wildman–Crippen MR) is 38.5 cm³/mol. The molecule has 0 nitrogen and oxygen atoms in total. The van der Waals surface area contributed by atoms with Crippen molar-refractivity contribution in [2.75, 3.05) is 0 Å². The molecule has 0 saturated carbocycles. The van der Waals surface area contributed by atoms with Gasteiger partial charge in [0.2, 0.25) is 0 Å². The Kier molecular flexibility index (Phi) is 6.23. The van der Waals surface area contributed by atoms with E-state index in [-0.39, 0.29) is 16.8 Å². The Morgan fingerprint density at radius 2 is 1.70 bits per heavy atom. The quantitative estimate of drug-likeness (QED) is 0.495. The van der Waals surface area contributed by atoms with Crippen molar-refractivity contribution in [2.45, 2.75) is 6.42 Å². The van der Waals surface area contributed by atoms with Gasteiger partial charge in [-0.05, 0) is 0 Å². The summed E-state index contributed by atoms with van der Waals surface area (Å²) in [7, 11) is 0. The van der Waals surface area contributed by atoms with Crippen molar-refractivity contribution in [2.24, 2.45) is 0 Å². The second-order valence-corrected chi connectivity index (χ2v) is 1.70. The maximum atomic E-state index is 2.99. The maximum Gasteiger partial charge on any atom is 2.00 e. The summed E-state index contributed by atoms with van der Waals surface area (Å²) in [5.74, 6) is 0. The zero-order valence-corrected chi connectivity index (χ0v) is 6.55. The topological polar surface area (TPSA) is 0 Å². The fourth-order valence-corrected chi connectivity index (χ4v) is 0.436. The number of hydrogen-bond acceptors (Lipinski definition) is 0. The van der Waals surface area contributed by atoms with Crippen molar-refractivity contribution in [1.29, 1.82) is 0 Å². The van der Waals surface area contributed by atoms with Crippen LogP contribution < -0.4 is 0 Å². The Balaban J connectivity index is 0.000000150. The third-order valence-electron chi connectivity index (χ3n) is 0.971. The summed E-state index contributed by atoms with van der Waals surface area (Å²) in [6.45, 7) is 0.